The molecule has 1 aromatic rings. The fourth-order valence-electron chi connectivity index (χ4n) is 1.50. The molecule has 0 amide bonds. The SMILES string of the molecule is Br.C=CC[N+](C)(C)c1cccc(OC([O-])=NC)c1. The largest absolute Gasteiger partial charge is 0.566 e. The highest BCUT2D eigenvalue weighted by molar-refractivity contribution is 8.93. The van der Waals surface area contributed by atoms with Gasteiger partial charge in [-0.25, -0.2) is 0 Å². The zero-order valence-corrected chi connectivity index (χ0v) is 12.6. The minimum absolute atomic E-state index is 0. The summed E-state index contributed by atoms with van der Waals surface area (Å²) in [4.78, 5) is 3.43. The van der Waals surface area contributed by atoms with Gasteiger partial charge in [0, 0.05) is 18.9 Å². The van der Waals surface area contributed by atoms with Crippen molar-refractivity contribution in [3.05, 3.63) is 36.9 Å². The van der Waals surface area contributed by atoms with E-state index in [0.29, 0.717) is 10.2 Å². The lowest BCUT2D eigenvalue weighted by Crippen LogP contribution is -2.40. The van der Waals surface area contributed by atoms with Crippen LogP contribution in [0.2, 0.25) is 0 Å². The van der Waals surface area contributed by atoms with Crippen LogP contribution in [0.5, 0.6) is 5.75 Å². The fourth-order valence-corrected chi connectivity index (χ4v) is 1.50. The molecule has 0 heterocycles. The summed E-state index contributed by atoms with van der Waals surface area (Å²) in [5.41, 5.74) is 1.05. The van der Waals surface area contributed by atoms with E-state index in [1.54, 1.807) is 6.07 Å². The third-order valence-corrected chi connectivity index (χ3v) is 2.49. The first-order valence-electron chi connectivity index (χ1n) is 5.36. The van der Waals surface area contributed by atoms with Gasteiger partial charge < -0.3 is 9.84 Å². The molecule has 0 spiro atoms. The molecule has 0 aliphatic carbocycles. The van der Waals surface area contributed by atoms with Crippen molar-refractivity contribution >= 4 is 28.8 Å². The molecule has 0 atom stereocenters. The average molecular weight is 315 g/mol. The van der Waals surface area contributed by atoms with Crippen LogP contribution in [-0.2, 0) is 0 Å². The Morgan fingerprint density at radius 2 is 2.17 bits per heavy atom. The number of rotatable bonds is 4. The lowest BCUT2D eigenvalue weighted by molar-refractivity contribution is -0.240. The first kappa shape index (κ1) is 16.7. The van der Waals surface area contributed by atoms with Gasteiger partial charge in [0.2, 0.25) is 0 Å². The van der Waals surface area contributed by atoms with Crippen molar-refractivity contribution < 1.29 is 9.84 Å². The maximum absolute atomic E-state index is 11.1. The van der Waals surface area contributed by atoms with Gasteiger partial charge in [-0.1, -0.05) is 12.6 Å². The Morgan fingerprint density at radius 1 is 1.50 bits per heavy atom. The van der Waals surface area contributed by atoms with E-state index in [4.69, 9.17) is 4.74 Å². The lowest BCUT2D eigenvalue weighted by atomic mass is 10.2. The molecule has 5 heteroatoms. The quantitative estimate of drug-likeness (QED) is 0.368. The summed E-state index contributed by atoms with van der Waals surface area (Å²) in [6.45, 7) is 4.54. The van der Waals surface area contributed by atoms with E-state index in [1.807, 2.05) is 24.3 Å². The van der Waals surface area contributed by atoms with Crippen molar-refractivity contribution in [2.45, 2.75) is 0 Å². The second-order valence-corrected chi connectivity index (χ2v) is 4.25. The van der Waals surface area contributed by atoms with Crippen molar-refractivity contribution in [1.82, 2.24) is 4.48 Å². The Hall–Kier alpha value is -1.33. The monoisotopic (exact) mass is 314 g/mol. The Balaban J connectivity index is 0.00000289. The number of halogens is 1. The summed E-state index contributed by atoms with van der Waals surface area (Å²) in [6, 6.07) is 7.42. The predicted molar refractivity (Wildman–Crippen MR) is 79.5 cm³/mol. The average Bonchev–Trinajstić information content (AvgIpc) is 2.29. The minimum atomic E-state index is -0.587. The molecule has 0 radical (unpaired) electrons. The minimum Gasteiger partial charge on any atom is -0.566 e. The van der Waals surface area contributed by atoms with Gasteiger partial charge in [0.05, 0.1) is 14.1 Å². The zero-order valence-electron chi connectivity index (χ0n) is 10.9. The van der Waals surface area contributed by atoms with E-state index in [1.165, 1.54) is 7.05 Å². The molecule has 18 heavy (non-hydrogen) atoms. The number of ether oxygens (including phenoxy) is 1. The second-order valence-electron chi connectivity index (χ2n) is 4.25. The van der Waals surface area contributed by atoms with E-state index >= 15 is 0 Å². The first-order valence-corrected chi connectivity index (χ1v) is 5.36. The van der Waals surface area contributed by atoms with Crippen LogP contribution >= 0.6 is 17.0 Å². The highest BCUT2D eigenvalue weighted by Crippen LogP contribution is 2.24. The van der Waals surface area contributed by atoms with E-state index in [-0.39, 0.29) is 17.0 Å². The van der Waals surface area contributed by atoms with E-state index in [2.05, 4.69) is 25.7 Å². The number of hydrogen-bond acceptors (Lipinski definition) is 3. The van der Waals surface area contributed by atoms with Crippen molar-refractivity contribution in [2.75, 3.05) is 27.7 Å². The predicted octanol–water partition coefficient (Wildman–Crippen LogP) is 1.74. The Kier molecular flexibility index (Phi) is 6.65. The highest BCUT2D eigenvalue weighted by atomic mass is 79.9. The summed E-state index contributed by atoms with van der Waals surface area (Å²) >= 11 is 0. The number of quaternary nitrogens is 1. The smallest absolute Gasteiger partial charge is 0.149 e. The number of aliphatic imine (C=N–C) groups is 1. The van der Waals surface area contributed by atoms with Gasteiger partial charge in [0.1, 0.15) is 18.3 Å². The highest BCUT2D eigenvalue weighted by Gasteiger charge is 2.16. The summed E-state index contributed by atoms with van der Waals surface area (Å²) in [6.07, 6.45) is 1.27. The molecule has 0 N–H and O–H groups in total. The molecule has 0 saturated heterocycles. The van der Waals surface area contributed by atoms with Gasteiger partial charge in [-0.3, -0.25) is 9.48 Å². The summed E-state index contributed by atoms with van der Waals surface area (Å²) in [5.74, 6) is 0.508. The lowest BCUT2D eigenvalue weighted by Gasteiger charge is -2.28. The number of nitrogens with zero attached hydrogens (tertiary/aromatic N) is 2. The number of likely N-dealkylation sites (N-methyl/N-ethyl adjacent to an activating group) is 1. The van der Waals surface area contributed by atoms with Gasteiger partial charge in [0.25, 0.3) is 0 Å². The topological polar surface area (TPSA) is 44.6 Å². The third kappa shape index (κ3) is 4.50. The van der Waals surface area contributed by atoms with Crippen molar-refractivity contribution in [3.63, 3.8) is 0 Å². The number of benzene rings is 1. The Bertz CT molecular complexity index is 431. The molecule has 0 aromatic heterocycles. The Morgan fingerprint density at radius 3 is 2.72 bits per heavy atom. The van der Waals surface area contributed by atoms with Crippen molar-refractivity contribution in [3.8, 4) is 5.75 Å². The van der Waals surface area contributed by atoms with Crippen LogP contribution in [0.3, 0.4) is 0 Å². The zero-order chi connectivity index (χ0) is 12.9. The summed E-state index contributed by atoms with van der Waals surface area (Å²) < 4.78 is 5.69. The maximum atomic E-state index is 11.1. The van der Waals surface area contributed by atoms with Gasteiger partial charge in [0.15, 0.2) is 0 Å². The third-order valence-electron chi connectivity index (χ3n) is 2.49. The van der Waals surface area contributed by atoms with Crippen LogP contribution in [0.15, 0.2) is 41.9 Å². The standard InChI is InChI=1S/C13H18N2O2.BrH/c1-5-9-15(3,4)11-7-6-8-12(10-11)17-13(16)14-2;/h5-8,10H,1,9H2,2-4H3;1H. The molecular formula is C13H19BrN2O2. The molecule has 0 saturated carbocycles. The molecule has 100 valence electrons. The molecule has 4 nitrogen and oxygen atoms in total. The molecule has 1 rings (SSSR count). The van der Waals surface area contributed by atoms with Crippen molar-refractivity contribution in [1.29, 1.82) is 0 Å². The van der Waals surface area contributed by atoms with Crippen LogP contribution < -0.4 is 14.3 Å². The molecule has 0 bridgehead atoms. The molecule has 0 fully saturated rings. The van der Waals surface area contributed by atoms with Gasteiger partial charge >= 0.3 is 0 Å². The van der Waals surface area contributed by atoms with Crippen LogP contribution in [0, 0.1) is 0 Å². The van der Waals surface area contributed by atoms with Gasteiger partial charge in [-0.05, 0) is 18.2 Å². The normalized spacial score (nSPS) is 11.6. The molecule has 1 aromatic carbocycles. The maximum Gasteiger partial charge on any atom is 0.149 e. The summed E-state index contributed by atoms with van der Waals surface area (Å²) in [5, 5.41) is 11.1. The second kappa shape index (κ2) is 7.18. The Labute approximate surface area is 119 Å². The van der Waals surface area contributed by atoms with Crippen LogP contribution in [0.4, 0.5) is 5.69 Å². The van der Waals surface area contributed by atoms with Gasteiger partial charge in [-0.2, -0.15) is 0 Å². The first-order chi connectivity index (χ1) is 7.99. The van der Waals surface area contributed by atoms with Crippen molar-refractivity contribution in [2.24, 2.45) is 4.99 Å². The molecule has 0 aliphatic rings. The van der Waals surface area contributed by atoms with Crippen LogP contribution in [0.1, 0.15) is 0 Å². The van der Waals surface area contributed by atoms with Crippen LogP contribution in [0.25, 0.3) is 0 Å². The van der Waals surface area contributed by atoms with Gasteiger partial charge in [-0.15, -0.1) is 17.0 Å². The summed E-state index contributed by atoms with van der Waals surface area (Å²) in [7, 11) is 5.53. The van der Waals surface area contributed by atoms with E-state index < -0.39 is 6.08 Å². The fraction of sp³-hybridized carbons (Fsp3) is 0.308. The molecular weight excluding hydrogens is 296 g/mol. The van der Waals surface area contributed by atoms with E-state index in [0.717, 1.165) is 12.2 Å². The van der Waals surface area contributed by atoms with E-state index in [9.17, 15) is 5.11 Å². The van der Waals surface area contributed by atoms with Crippen LogP contribution in [-0.4, -0.2) is 33.8 Å². The molecule has 0 unspecified atom stereocenters. The number of hydrogen-bond donors (Lipinski definition) is 0. The molecule has 0 aliphatic heterocycles.